The molecule has 0 aromatic heterocycles. The maximum atomic E-state index is 9.87. The molecule has 14 heteroatoms. The molecule has 120 valence electrons. The van der Waals surface area contributed by atoms with Crippen molar-refractivity contribution in [2.75, 3.05) is 27.2 Å². The Labute approximate surface area is 195 Å². The largest absolute Gasteiger partial charge is 1.00 e. The molecule has 0 unspecified atom stereocenters. The zero-order valence-electron chi connectivity index (χ0n) is 12.7. The van der Waals surface area contributed by atoms with Crippen molar-refractivity contribution in [3.05, 3.63) is 0 Å². The molecule has 0 fully saturated rings. The van der Waals surface area contributed by atoms with Crippen LogP contribution in [-0.4, -0.2) is 68.5 Å². The first-order chi connectivity index (χ1) is 8.07. The van der Waals surface area contributed by atoms with E-state index in [0.29, 0.717) is 0 Å². The number of nitrogens with zero attached hydrogens (tertiary/aromatic N) is 2. The van der Waals surface area contributed by atoms with Crippen LogP contribution in [0.1, 0.15) is 0 Å². The van der Waals surface area contributed by atoms with Gasteiger partial charge in [0.2, 0.25) is 0 Å². The normalized spacial score (nSPS) is 7.09. The first kappa shape index (κ1) is 38.7. The second kappa shape index (κ2) is 22.3. The van der Waals surface area contributed by atoms with E-state index in [4.69, 9.17) is 0 Å². The van der Waals surface area contributed by atoms with Gasteiger partial charge in [-0.25, -0.2) is 0 Å². The van der Waals surface area contributed by atoms with E-state index in [9.17, 15) is 19.8 Å². The molecule has 0 aromatic carbocycles. The molecule has 22 heavy (non-hydrogen) atoms. The molecule has 8 nitrogen and oxygen atoms in total. The Bertz CT molecular complexity index is 319. The Morgan fingerprint density at radius 1 is 0.864 bits per heavy atom. The third-order valence-corrected chi connectivity index (χ3v) is 2.69. The minimum Gasteiger partial charge on any atom is -0.548 e. The van der Waals surface area contributed by atoms with Crippen LogP contribution in [0.5, 0.6) is 0 Å². The van der Waals surface area contributed by atoms with Crippen molar-refractivity contribution in [3.63, 3.8) is 0 Å². The number of carbonyl (C=O) groups excluding carboxylic acids is 2. The summed E-state index contributed by atoms with van der Waals surface area (Å²) in [5.41, 5.74) is 0. The second-order valence-corrected chi connectivity index (χ2v) is 5.25. The molecule has 0 saturated heterocycles. The van der Waals surface area contributed by atoms with E-state index >= 15 is 0 Å². The zero-order chi connectivity index (χ0) is 14.9. The number of likely N-dealkylation sites (N-methyl/N-ethyl adjacent to an activating group) is 2. The molecular formula is C8H16N2Na2O6S4. The summed E-state index contributed by atoms with van der Waals surface area (Å²) >= 11 is 16.5. The van der Waals surface area contributed by atoms with E-state index in [1.165, 1.54) is 23.9 Å². The number of aliphatic carboxylic acids is 2. The van der Waals surface area contributed by atoms with Crippen LogP contribution in [0.15, 0.2) is 0 Å². The van der Waals surface area contributed by atoms with Gasteiger partial charge in [-0.3, -0.25) is 0 Å². The molecule has 0 bridgehead atoms. The Balaban J connectivity index is -0.0000000492. The number of thiol groups is 2. The summed E-state index contributed by atoms with van der Waals surface area (Å²) in [4.78, 5) is 22.3. The Morgan fingerprint density at radius 3 is 1.09 bits per heavy atom. The number of carboxylic acids is 2. The van der Waals surface area contributed by atoms with E-state index in [1.807, 2.05) is 0 Å². The van der Waals surface area contributed by atoms with Crippen LogP contribution in [0.3, 0.4) is 0 Å². The van der Waals surface area contributed by atoms with Gasteiger partial charge in [0, 0.05) is 14.1 Å². The summed E-state index contributed by atoms with van der Waals surface area (Å²) in [6.07, 6.45) is 0. The molecular weight excluding hydrogens is 394 g/mol. The van der Waals surface area contributed by atoms with Crippen LogP contribution in [0, 0.1) is 0 Å². The number of hydrogen-bond donors (Lipinski definition) is 2. The van der Waals surface area contributed by atoms with Gasteiger partial charge in [-0.05, 0) is 0 Å². The summed E-state index contributed by atoms with van der Waals surface area (Å²) in [5.74, 6) is -2.32. The van der Waals surface area contributed by atoms with Gasteiger partial charge in [-0.1, -0.05) is 24.4 Å². The predicted molar refractivity (Wildman–Crippen MR) is 85.7 cm³/mol. The monoisotopic (exact) mass is 410 g/mol. The van der Waals surface area contributed by atoms with Crippen molar-refractivity contribution >= 4 is 70.3 Å². The van der Waals surface area contributed by atoms with E-state index < -0.39 is 11.9 Å². The summed E-state index contributed by atoms with van der Waals surface area (Å²) in [7, 11) is 3.07. The minimum atomic E-state index is -1.16. The molecule has 0 aromatic rings. The average Bonchev–Trinajstić information content (AvgIpc) is 2.16. The van der Waals surface area contributed by atoms with Gasteiger partial charge in [0.1, 0.15) is 8.64 Å². The van der Waals surface area contributed by atoms with Crippen molar-refractivity contribution in [1.82, 2.24) is 9.80 Å². The summed E-state index contributed by atoms with van der Waals surface area (Å²) in [6, 6.07) is 0. The summed E-state index contributed by atoms with van der Waals surface area (Å²) in [5, 5.41) is 19.7. The number of carbonyl (C=O) groups is 2. The van der Waals surface area contributed by atoms with Gasteiger partial charge in [0.05, 0.1) is 25.0 Å². The van der Waals surface area contributed by atoms with Gasteiger partial charge < -0.3 is 40.6 Å². The van der Waals surface area contributed by atoms with E-state index in [1.54, 1.807) is 0 Å². The summed E-state index contributed by atoms with van der Waals surface area (Å²) in [6.45, 7) is -0.412. The fraction of sp³-hybridized carbons (Fsp3) is 0.500. The fourth-order valence-corrected chi connectivity index (χ4v) is 0.793. The molecule has 0 aliphatic carbocycles. The first-order valence-corrected chi connectivity index (χ1v) is 6.06. The maximum absolute atomic E-state index is 9.87. The average molecular weight is 410 g/mol. The zero-order valence-corrected chi connectivity index (χ0v) is 20.1. The quantitative estimate of drug-likeness (QED) is 0.264. The second-order valence-electron chi connectivity index (χ2n) is 3.02. The van der Waals surface area contributed by atoms with Crippen LogP contribution in [0.25, 0.3) is 0 Å². The van der Waals surface area contributed by atoms with Gasteiger partial charge >= 0.3 is 59.1 Å². The summed E-state index contributed by atoms with van der Waals surface area (Å²) < 4.78 is 0.499. The van der Waals surface area contributed by atoms with Crippen molar-refractivity contribution in [1.29, 1.82) is 0 Å². The molecule has 0 atom stereocenters. The van der Waals surface area contributed by atoms with Crippen LogP contribution >= 0.6 is 49.7 Å². The number of carboxylic acid groups (broad SMARTS) is 2. The van der Waals surface area contributed by atoms with Gasteiger partial charge in [-0.15, -0.1) is 25.3 Å². The van der Waals surface area contributed by atoms with Crippen molar-refractivity contribution in [3.8, 4) is 0 Å². The van der Waals surface area contributed by atoms with Gasteiger partial charge in [-0.2, -0.15) is 0 Å². The van der Waals surface area contributed by atoms with E-state index in [0.717, 1.165) is 0 Å². The molecule has 0 aliphatic rings. The van der Waals surface area contributed by atoms with Crippen molar-refractivity contribution in [2.24, 2.45) is 0 Å². The smallest absolute Gasteiger partial charge is 0.548 e. The third-order valence-electron chi connectivity index (χ3n) is 1.39. The molecule has 4 N–H and O–H groups in total. The molecule has 0 spiro atoms. The Morgan fingerprint density at radius 2 is 1.05 bits per heavy atom. The van der Waals surface area contributed by atoms with Gasteiger partial charge in [0.25, 0.3) is 0 Å². The topological polar surface area (TPSA) is 150 Å². The van der Waals surface area contributed by atoms with E-state index in [-0.39, 0.29) is 91.8 Å². The van der Waals surface area contributed by atoms with Crippen LogP contribution in [-0.2, 0) is 9.59 Å². The first-order valence-electron chi connectivity index (χ1n) is 4.35. The number of hydrogen-bond acceptors (Lipinski definition) is 6. The molecule has 0 radical (unpaired) electrons. The minimum absolute atomic E-state index is 0. The van der Waals surface area contributed by atoms with E-state index in [2.05, 4.69) is 49.7 Å². The maximum Gasteiger partial charge on any atom is 1.00 e. The Hall–Kier alpha value is 1.34. The number of rotatable bonds is 4. The molecule has 0 rings (SSSR count). The van der Waals surface area contributed by atoms with Crippen LogP contribution < -0.4 is 69.3 Å². The third kappa shape index (κ3) is 29.4. The van der Waals surface area contributed by atoms with Crippen LogP contribution in [0.4, 0.5) is 0 Å². The standard InChI is InChI=1S/2C4H7NO2S2.2Na.2H2O/c2*1-5(4(8)9)2-3(6)7;;;;/h2*2H2,1H3,(H,6,7)(H,8,9);;;2*1H2/q;;2*+1;;/p-2. The van der Waals surface area contributed by atoms with Crippen LogP contribution in [0.2, 0.25) is 0 Å². The Kier molecular flexibility index (Phi) is 39.3. The van der Waals surface area contributed by atoms with Crippen molar-refractivity contribution < 1.29 is 89.9 Å². The number of thiocarbonyl (C=S) groups is 2. The fourth-order valence-electron chi connectivity index (χ4n) is 0.523. The predicted octanol–water partition coefficient (Wildman–Crippen LogP) is -9.88. The van der Waals surface area contributed by atoms with Gasteiger partial charge in [0.15, 0.2) is 0 Å². The molecule has 0 heterocycles. The van der Waals surface area contributed by atoms with Crippen molar-refractivity contribution in [2.45, 2.75) is 0 Å². The molecule has 0 saturated carbocycles. The molecule has 0 amide bonds. The SMILES string of the molecule is CN(CC(=O)[O-])C(=S)S.CN(CC(=O)[O-])C(=S)S.O.O.[Na+].[Na+]. The molecule has 0 aliphatic heterocycles.